The first-order valence-corrected chi connectivity index (χ1v) is 9.64. The van der Waals surface area contributed by atoms with E-state index >= 15 is 0 Å². The second-order valence-corrected chi connectivity index (χ2v) is 7.00. The van der Waals surface area contributed by atoms with Crippen LogP contribution >= 0.6 is 0 Å². The van der Waals surface area contributed by atoms with Gasteiger partial charge >= 0.3 is 0 Å². The number of nitrogens with two attached hydrogens (primary N) is 1. The zero-order valence-electron chi connectivity index (χ0n) is 17.0. The largest absolute Gasteiger partial charge is 0.437 e. The average Bonchev–Trinajstić information content (AvgIpc) is 3.18. The number of ether oxygens (including phenoxy) is 1. The maximum absolute atomic E-state index is 13.6. The molecule has 1 amide bonds. The lowest BCUT2D eigenvalue weighted by Crippen LogP contribution is -2.12. The molecule has 0 fully saturated rings. The number of carbonyl (C=O) groups is 1. The van der Waals surface area contributed by atoms with E-state index in [1.165, 1.54) is 10.6 Å². The molecule has 0 aliphatic heterocycles. The topological polar surface area (TPSA) is 115 Å². The Morgan fingerprint density at radius 2 is 2.00 bits per heavy atom. The minimum Gasteiger partial charge on any atom is -0.437 e. The highest BCUT2D eigenvalue weighted by Gasteiger charge is 2.16. The van der Waals surface area contributed by atoms with Gasteiger partial charge in [-0.05, 0) is 36.8 Å². The Labute approximate surface area is 181 Å². The summed E-state index contributed by atoms with van der Waals surface area (Å²) in [6.45, 7) is 1.90. The van der Waals surface area contributed by atoms with E-state index < -0.39 is 17.5 Å². The van der Waals surface area contributed by atoms with Gasteiger partial charge in [0.1, 0.15) is 5.75 Å². The number of aryl methyl sites for hydroxylation is 1. The van der Waals surface area contributed by atoms with Gasteiger partial charge in [0.15, 0.2) is 17.3 Å². The molecule has 0 saturated heterocycles. The van der Waals surface area contributed by atoms with Crippen molar-refractivity contribution in [1.82, 2.24) is 14.6 Å². The first-order chi connectivity index (χ1) is 15.4. The first-order valence-electron chi connectivity index (χ1n) is 9.64. The van der Waals surface area contributed by atoms with Crippen LogP contribution in [0.3, 0.4) is 0 Å². The van der Waals surface area contributed by atoms with Gasteiger partial charge < -0.3 is 20.9 Å². The van der Waals surface area contributed by atoms with Crippen LogP contribution in [0.4, 0.5) is 14.5 Å². The van der Waals surface area contributed by atoms with E-state index in [-0.39, 0.29) is 24.8 Å². The minimum atomic E-state index is -1.05. The standard InChI is InChI=1S/C22H19F2N5O3/c1-12-8-13(2-4-15(12)21(25)31)19-11-27-22-18(26-6-7-30)10-20(28-29(19)22)32-14-3-5-16(23)17(24)9-14/h2-5,8-11,26,30H,6-7H2,1H3,(H2,25,31). The molecular weight excluding hydrogens is 420 g/mol. The van der Waals surface area contributed by atoms with E-state index in [0.717, 1.165) is 17.7 Å². The SMILES string of the molecule is Cc1cc(-c2cnc3c(NCCO)cc(Oc4ccc(F)c(F)c4)nn23)ccc1C(N)=O. The fraction of sp³-hybridized carbons (Fsp3) is 0.136. The number of hydrogen-bond acceptors (Lipinski definition) is 6. The maximum atomic E-state index is 13.6. The second-order valence-electron chi connectivity index (χ2n) is 7.00. The zero-order chi connectivity index (χ0) is 22.8. The average molecular weight is 439 g/mol. The van der Waals surface area contributed by atoms with E-state index in [4.69, 9.17) is 10.5 Å². The summed E-state index contributed by atoms with van der Waals surface area (Å²) in [5.74, 6) is -2.41. The molecule has 10 heteroatoms. The summed E-state index contributed by atoms with van der Waals surface area (Å²) in [6, 6.07) is 9.84. The molecule has 2 heterocycles. The molecule has 0 radical (unpaired) electrons. The highest BCUT2D eigenvalue weighted by atomic mass is 19.2. The lowest BCUT2D eigenvalue weighted by molar-refractivity contribution is 0.0999. The highest BCUT2D eigenvalue weighted by Crippen LogP contribution is 2.30. The van der Waals surface area contributed by atoms with E-state index in [1.54, 1.807) is 37.4 Å². The Hall–Kier alpha value is -4.05. The number of carbonyl (C=O) groups excluding carboxylic acids is 1. The van der Waals surface area contributed by atoms with Crippen molar-refractivity contribution >= 4 is 17.2 Å². The van der Waals surface area contributed by atoms with Crippen LogP contribution in [0.5, 0.6) is 11.6 Å². The second kappa shape index (κ2) is 8.60. The van der Waals surface area contributed by atoms with E-state index in [0.29, 0.717) is 28.2 Å². The van der Waals surface area contributed by atoms with Crippen LogP contribution in [-0.4, -0.2) is 38.8 Å². The molecule has 32 heavy (non-hydrogen) atoms. The van der Waals surface area contributed by atoms with Crippen molar-refractivity contribution in [2.75, 3.05) is 18.5 Å². The van der Waals surface area contributed by atoms with E-state index in [9.17, 15) is 18.7 Å². The number of primary amides is 1. The van der Waals surface area contributed by atoms with Crippen molar-refractivity contribution in [3.05, 3.63) is 71.4 Å². The zero-order valence-corrected chi connectivity index (χ0v) is 17.0. The van der Waals surface area contributed by atoms with Gasteiger partial charge in [-0.3, -0.25) is 4.79 Å². The molecule has 0 spiro atoms. The third-order valence-electron chi connectivity index (χ3n) is 4.77. The van der Waals surface area contributed by atoms with Crippen LogP contribution in [-0.2, 0) is 0 Å². The van der Waals surface area contributed by atoms with Crippen molar-refractivity contribution in [3.63, 3.8) is 0 Å². The summed E-state index contributed by atoms with van der Waals surface area (Å²) in [7, 11) is 0. The number of anilines is 1. The Bertz CT molecular complexity index is 1320. The molecule has 0 bridgehead atoms. The predicted molar refractivity (Wildman–Crippen MR) is 114 cm³/mol. The third-order valence-corrected chi connectivity index (χ3v) is 4.77. The lowest BCUT2D eigenvalue weighted by Gasteiger charge is -2.12. The van der Waals surface area contributed by atoms with Gasteiger partial charge in [-0.25, -0.2) is 18.3 Å². The summed E-state index contributed by atoms with van der Waals surface area (Å²) >= 11 is 0. The normalized spacial score (nSPS) is 11.0. The van der Waals surface area contributed by atoms with Gasteiger partial charge in [0.2, 0.25) is 11.8 Å². The number of benzene rings is 2. The summed E-state index contributed by atoms with van der Waals surface area (Å²) in [4.78, 5) is 15.9. The summed E-state index contributed by atoms with van der Waals surface area (Å²) < 4.78 is 34.0. The van der Waals surface area contributed by atoms with Gasteiger partial charge in [-0.15, -0.1) is 5.10 Å². The van der Waals surface area contributed by atoms with Gasteiger partial charge in [-0.2, -0.15) is 0 Å². The van der Waals surface area contributed by atoms with Crippen molar-refractivity contribution in [3.8, 4) is 22.9 Å². The monoisotopic (exact) mass is 439 g/mol. The number of amides is 1. The molecule has 2 aromatic heterocycles. The molecule has 2 aromatic carbocycles. The number of aromatic nitrogens is 3. The Kier molecular flexibility index (Phi) is 5.69. The number of halogens is 2. The molecule has 0 unspecified atom stereocenters. The summed E-state index contributed by atoms with van der Waals surface area (Å²) in [6.07, 6.45) is 1.60. The van der Waals surface area contributed by atoms with E-state index in [1.807, 2.05) is 0 Å². The molecule has 4 rings (SSSR count). The smallest absolute Gasteiger partial charge is 0.248 e. The lowest BCUT2D eigenvalue weighted by atomic mass is 10.0. The Balaban J connectivity index is 1.81. The van der Waals surface area contributed by atoms with Crippen molar-refractivity contribution < 1.29 is 23.4 Å². The highest BCUT2D eigenvalue weighted by molar-refractivity contribution is 5.94. The number of imidazole rings is 1. The minimum absolute atomic E-state index is 0.0622. The molecule has 4 N–H and O–H groups in total. The van der Waals surface area contributed by atoms with Gasteiger partial charge in [0, 0.05) is 29.8 Å². The maximum Gasteiger partial charge on any atom is 0.248 e. The van der Waals surface area contributed by atoms with Gasteiger partial charge in [0.05, 0.1) is 24.2 Å². The Morgan fingerprint density at radius 3 is 2.69 bits per heavy atom. The fourth-order valence-electron chi connectivity index (χ4n) is 3.27. The van der Waals surface area contributed by atoms with E-state index in [2.05, 4.69) is 15.4 Å². The van der Waals surface area contributed by atoms with Gasteiger partial charge in [-0.1, -0.05) is 6.07 Å². The predicted octanol–water partition coefficient (Wildman–Crippen LogP) is 3.28. The number of aliphatic hydroxyl groups is 1. The van der Waals surface area contributed by atoms with Crippen molar-refractivity contribution in [2.24, 2.45) is 5.73 Å². The van der Waals surface area contributed by atoms with Crippen LogP contribution < -0.4 is 15.8 Å². The van der Waals surface area contributed by atoms with Crippen molar-refractivity contribution in [1.29, 1.82) is 0 Å². The first kappa shape index (κ1) is 21.2. The van der Waals surface area contributed by atoms with Crippen LogP contribution in [0.2, 0.25) is 0 Å². The molecule has 4 aromatic rings. The number of rotatable bonds is 7. The summed E-state index contributed by atoms with van der Waals surface area (Å²) in [5.41, 5.74) is 8.79. The van der Waals surface area contributed by atoms with Gasteiger partial charge in [0.25, 0.3) is 0 Å². The fourth-order valence-corrected chi connectivity index (χ4v) is 3.27. The Morgan fingerprint density at radius 1 is 1.19 bits per heavy atom. The molecular formula is C22H19F2N5O3. The molecule has 0 aliphatic carbocycles. The van der Waals surface area contributed by atoms with Crippen LogP contribution in [0.1, 0.15) is 15.9 Å². The molecule has 8 nitrogen and oxygen atoms in total. The number of nitrogens with zero attached hydrogens (tertiary/aromatic N) is 3. The van der Waals surface area contributed by atoms with Crippen LogP contribution in [0.15, 0.2) is 48.7 Å². The number of fused-ring (bicyclic) bond motifs is 1. The number of nitrogens with one attached hydrogen (secondary N) is 1. The third kappa shape index (κ3) is 4.08. The number of hydrogen-bond donors (Lipinski definition) is 3. The molecule has 0 atom stereocenters. The molecule has 0 saturated carbocycles. The quantitative estimate of drug-likeness (QED) is 0.407. The van der Waals surface area contributed by atoms with Crippen LogP contribution in [0, 0.1) is 18.6 Å². The molecule has 164 valence electrons. The van der Waals surface area contributed by atoms with Crippen LogP contribution in [0.25, 0.3) is 16.9 Å². The summed E-state index contributed by atoms with van der Waals surface area (Å²) in [5, 5.41) is 16.7. The molecule has 0 aliphatic rings. The van der Waals surface area contributed by atoms with Crippen molar-refractivity contribution in [2.45, 2.75) is 6.92 Å². The number of aliphatic hydroxyl groups excluding tert-OH is 1.